The van der Waals surface area contributed by atoms with Gasteiger partial charge >= 0.3 is 0 Å². The molecule has 2 aromatic rings. The molecule has 1 N–H and O–H groups in total. The number of methoxy groups -OCH3 is 1. The summed E-state index contributed by atoms with van der Waals surface area (Å²) in [7, 11) is 1.57. The van der Waals surface area contributed by atoms with Crippen LogP contribution in [0.4, 0.5) is 5.69 Å². The molecule has 0 aliphatic carbocycles. The Morgan fingerprint density at radius 3 is 2.48 bits per heavy atom. The Balaban J connectivity index is 2.23. The molecule has 122 valence electrons. The second kappa shape index (κ2) is 8.72. The topological polar surface area (TPSA) is 47.6 Å². The minimum atomic E-state index is -0.176. The van der Waals surface area contributed by atoms with E-state index in [1.54, 1.807) is 19.2 Å². The van der Waals surface area contributed by atoms with E-state index in [-0.39, 0.29) is 5.91 Å². The van der Waals surface area contributed by atoms with Gasteiger partial charge in [0.05, 0.1) is 17.3 Å². The Kier molecular flexibility index (Phi) is 6.94. The quantitative estimate of drug-likeness (QED) is 0.532. The third kappa shape index (κ3) is 4.97. The predicted octanol–water partition coefficient (Wildman–Crippen LogP) is 4.95. The highest BCUT2D eigenvalue weighted by molar-refractivity contribution is 14.1. The Morgan fingerprint density at radius 1 is 1.17 bits per heavy atom. The summed E-state index contributed by atoms with van der Waals surface area (Å²) in [6, 6.07) is 11.1. The number of rotatable bonds is 6. The summed E-state index contributed by atoms with van der Waals surface area (Å²) in [6.45, 7) is 2.66. The van der Waals surface area contributed by atoms with Gasteiger partial charge < -0.3 is 14.8 Å². The lowest BCUT2D eigenvalue weighted by Crippen LogP contribution is -2.13. The molecule has 0 atom stereocenters. The van der Waals surface area contributed by atoms with Gasteiger partial charge in [-0.1, -0.05) is 6.92 Å². The Hall–Kier alpha value is -1.03. The van der Waals surface area contributed by atoms with Gasteiger partial charge in [0.15, 0.2) is 11.5 Å². The van der Waals surface area contributed by atoms with Crippen LogP contribution in [0.25, 0.3) is 0 Å². The fourth-order valence-corrected chi connectivity index (χ4v) is 3.05. The first-order chi connectivity index (χ1) is 11.0. The molecule has 0 bridgehead atoms. The highest BCUT2D eigenvalue weighted by atomic mass is 127. The molecule has 2 aromatic carbocycles. The molecule has 0 saturated heterocycles. The molecule has 0 spiro atoms. The largest absolute Gasteiger partial charge is 0.493 e. The minimum Gasteiger partial charge on any atom is -0.493 e. The Labute approximate surface area is 163 Å². The molecule has 23 heavy (non-hydrogen) atoms. The second-order valence-electron chi connectivity index (χ2n) is 4.80. The van der Waals surface area contributed by atoms with Crippen LogP contribution < -0.4 is 14.8 Å². The van der Waals surface area contributed by atoms with Gasteiger partial charge in [0.2, 0.25) is 0 Å². The number of anilines is 1. The van der Waals surface area contributed by atoms with E-state index in [1.165, 1.54) is 0 Å². The van der Waals surface area contributed by atoms with Crippen LogP contribution in [0.3, 0.4) is 0 Å². The first-order valence-electron chi connectivity index (χ1n) is 7.12. The molecule has 0 heterocycles. The van der Waals surface area contributed by atoms with Crippen LogP contribution in [-0.2, 0) is 0 Å². The standard InChI is InChI=1S/C17H17I2NO3/c1-3-8-23-16-14(19)9-11(10-15(16)22-2)17(21)20-13-6-4-12(18)5-7-13/h4-7,9-10H,3,8H2,1-2H3,(H,20,21). The van der Waals surface area contributed by atoms with E-state index in [2.05, 4.69) is 50.5 Å². The van der Waals surface area contributed by atoms with Gasteiger partial charge in [-0.3, -0.25) is 4.79 Å². The number of halogens is 2. The van der Waals surface area contributed by atoms with E-state index in [9.17, 15) is 4.79 Å². The number of hydrogen-bond donors (Lipinski definition) is 1. The molecule has 1 amide bonds. The fraction of sp³-hybridized carbons (Fsp3) is 0.235. The maximum atomic E-state index is 12.4. The summed E-state index contributed by atoms with van der Waals surface area (Å²) in [6.07, 6.45) is 0.911. The lowest BCUT2D eigenvalue weighted by Gasteiger charge is -2.14. The van der Waals surface area contributed by atoms with Crippen LogP contribution in [0.1, 0.15) is 23.7 Å². The van der Waals surface area contributed by atoms with Crippen LogP contribution in [0.2, 0.25) is 0 Å². The highest BCUT2D eigenvalue weighted by Gasteiger charge is 2.15. The normalized spacial score (nSPS) is 10.3. The third-order valence-electron chi connectivity index (χ3n) is 3.04. The van der Waals surface area contributed by atoms with E-state index in [4.69, 9.17) is 9.47 Å². The number of hydrogen-bond acceptors (Lipinski definition) is 3. The third-order valence-corrected chi connectivity index (χ3v) is 4.56. The molecule has 0 aromatic heterocycles. The van der Waals surface area contributed by atoms with Crippen LogP contribution in [0, 0.1) is 7.14 Å². The van der Waals surface area contributed by atoms with E-state index < -0.39 is 0 Å². The van der Waals surface area contributed by atoms with Crippen molar-refractivity contribution in [2.24, 2.45) is 0 Å². The lowest BCUT2D eigenvalue weighted by atomic mass is 10.2. The summed E-state index contributed by atoms with van der Waals surface area (Å²) >= 11 is 4.38. The van der Waals surface area contributed by atoms with Crippen molar-refractivity contribution in [1.82, 2.24) is 0 Å². The highest BCUT2D eigenvalue weighted by Crippen LogP contribution is 2.34. The van der Waals surface area contributed by atoms with Crippen LogP contribution >= 0.6 is 45.2 Å². The van der Waals surface area contributed by atoms with E-state index >= 15 is 0 Å². The van der Waals surface area contributed by atoms with Crippen LogP contribution in [-0.4, -0.2) is 19.6 Å². The van der Waals surface area contributed by atoms with Gasteiger partial charge in [-0.25, -0.2) is 0 Å². The molecule has 0 fully saturated rings. The van der Waals surface area contributed by atoms with Crippen molar-refractivity contribution >= 4 is 56.8 Å². The monoisotopic (exact) mass is 537 g/mol. The number of nitrogens with one attached hydrogen (secondary N) is 1. The molecule has 0 aliphatic rings. The maximum Gasteiger partial charge on any atom is 0.255 e. The Morgan fingerprint density at radius 2 is 1.87 bits per heavy atom. The molecule has 0 aliphatic heterocycles. The SMILES string of the molecule is CCCOc1c(I)cc(C(=O)Nc2ccc(I)cc2)cc1OC. The molecule has 0 radical (unpaired) electrons. The minimum absolute atomic E-state index is 0.176. The zero-order chi connectivity index (χ0) is 16.8. The number of ether oxygens (including phenoxy) is 2. The van der Waals surface area contributed by atoms with Gasteiger partial charge in [-0.15, -0.1) is 0 Å². The van der Waals surface area contributed by atoms with E-state index in [0.717, 1.165) is 19.2 Å². The van der Waals surface area contributed by atoms with Gasteiger partial charge in [0.1, 0.15) is 0 Å². The van der Waals surface area contributed by atoms with Crippen molar-refractivity contribution in [3.63, 3.8) is 0 Å². The molecular formula is C17H17I2NO3. The maximum absolute atomic E-state index is 12.4. The second-order valence-corrected chi connectivity index (χ2v) is 7.21. The number of amides is 1. The summed E-state index contributed by atoms with van der Waals surface area (Å²) in [5, 5.41) is 2.88. The molecular weight excluding hydrogens is 520 g/mol. The van der Waals surface area contributed by atoms with Crippen molar-refractivity contribution in [3.8, 4) is 11.5 Å². The van der Waals surface area contributed by atoms with Crippen LogP contribution in [0.5, 0.6) is 11.5 Å². The molecule has 6 heteroatoms. The number of benzene rings is 2. The van der Waals surface area contributed by atoms with Gasteiger partial charge in [0.25, 0.3) is 5.91 Å². The zero-order valence-electron chi connectivity index (χ0n) is 12.9. The Bertz CT molecular complexity index is 687. The van der Waals surface area contributed by atoms with Crippen LogP contribution in [0.15, 0.2) is 36.4 Å². The smallest absolute Gasteiger partial charge is 0.255 e. The van der Waals surface area contributed by atoms with Gasteiger partial charge in [0, 0.05) is 14.8 Å². The van der Waals surface area contributed by atoms with Gasteiger partial charge in [-0.2, -0.15) is 0 Å². The molecule has 2 rings (SSSR count). The average Bonchev–Trinajstić information content (AvgIpc) is 2.55. The number of carbonyl (C=O) groups excluding carboxylic acids is 1. The zero-order valence-corrected chi connectivity index (χ0v) is 17.2. The average molecular weight is 537 g/mol. The molecule has 0 unspecified atom stereocenters. The van der Waals surface area contributed by atoms with Crippen molar-refractivity contribution < 1.29 is 14.3 Å². The molecule has 4 nitrogen and oxygen atoms in total. The van der Waals surface area contributed by atoms with Crippen molar-refractivity contribution in [3.05, 3.63) is 49.1 Å². The summed E-state index contributed by atoms with van der Waals surface area (Å²) < 4.78 is 13.0. The van der Waals surface area contributed by atoms with Gasteiger partial charge in [-0.05, 0) is 88.0 Å². The van der Waals surface area contributed by atoms with Crippen molar-refractivity contribution in [1.29, 1.82) is 0 Å². The van der Waals surface area contributed by atoms with E-state index in [0.29, 0.717) is 23.7 Å². The summed E-state index contributed by atoms with van der Waals surface area (Å²) in [5.74, 6) is 1.07. The summed E-state index contributed by atoms with van der Waals surface area (Å²) in [4.78, 5) is 12.4. The van der Waals surface area contributed by atoms with Crippen molar-refractivity contribution in [2.75, 3.05) is 19.0 Å². The number of carbonyl (C=O) groups is 1. The first kappa shape index (κ1) is 18.3. The van der Waals surface area contributed by atoms with E-state index in [1.807, 2.05) is 31.2 Å². The lowest BCUT2D eigenvalue weighted by molar-refractivity contribution is 0.102. The first-order valence-corrected chi connectivity index (χ1v) is 9.28. The predicted molar refractivity (Wildman–Crippen MR) is 109 cm³/mol. The summed E-state index contributed by atoms with van der Waals surface area (Å²) in [5.41, 5.74) is 1.30. The fourth-order valence-electron chi connectivity index (χ4n) is 1.93. The molecule has 0 saturated carbocycles. The van der Waals surface area contributed by atoms with Crippen molar-refractivity contribution in [2.45, 2.75) is 13.3 Å².